The Balaban J connectivity index is 1.85. The molecule has 0 spiro atoms. The van der Waals surface area contributed by atoms with E-state index in [0.717, 1.165) is 22.8 Å². The molecule has 1 aromatic heterocycles. The van der Waals surface area contributed by atoms with Gasteiger partial charge >= 0.3 is 6.18 Å². The number of fused-ring (bicyclic) bond motifs is 1. The molecule has 0 aliphatic carbocycles. The molecule has 0 atom stereocenters. The second-order valence-electron chi connectivity index (χ2n) is 7.10. The second kappa shape index (κ2) is 9.30. The lowest BCUT2D eigenvalue weighted by atomic mass is 10.1. The fourth-order valence-corrected chi connectivity index (χ4v) is 3.90. The van der Waals surface area contributed by atoms with Crippen molar-refractivity contribution in [2.45, 2.75) is 16.8 Å². The number of nitrogens with zero attached hydrogens (tertiary/aromatic N) is 2. The van der Waals surface area contributed by atoms with Crippen LogP contribution in [0.2, 0.25) is 0 Å². The maximum atomic E-state index is 13.2. The van der Waals surface area contributed by atoms with Crippen molar-refractivity contribution in [3.8, 4) is 11.6 Å². The van der Waals surface area contributed by atoms with Crippen LogP contribution >= 0.6 is 11.8 Å². The normalized spacial score (nSPS) is 12.2. The fourth-order valence-electron chi connectivity index (χ4n) is 3.40. The zero-order valence-electron chi connectivity index (χ0n) is 17.1. The molecule has 4 aromatic rings. The summed E-state index contributed by atoms with van der Waals surface area (Å²) in [6, 6.07) is 16.3. The molecular formula is C24H15F5N2O2S. The number of benzene rings is 3. The summed E-state index contributed by atoms with van der Waals surface area (Å²) in [5.74, 6) is -3.15. The fraction of sp³-hybridized carbons (Fsp3) is 0.0833. The number of aromatic hydroxyl groups is 1. The number of rotatable bonds is 5. The molecule has 1 N–H and O–H groups in total. The number of halogens is 5. The first-order chi connectivity index (χ1) is 16.1. The van der Waals surface area contributed by atoms with Gasteiger partial charge in [-0.15, -0.1) is 0 Å². The second-order valence-corrected chi connectivity index (χ2v) is 8.17. The Morgan fingerprint density at radius 1 is 0.941 bits per heavy atom. The first kappa shape index (κ1) is 23.5. The molecule has 3 aromatic carbocycles. The van der Waals surface area contributed by atoms with Crippen LogP contribution in [0.3, 0.4) is 0 Å². The van der Waals surface area contributed by atoms with Gasteiger partial charge in [-0.25, -0.2) is 4.57 Å². The van der Waals surface area contributed by atoms with Gasteiger partial charge in [0.2, 0.25) is 5.88 Å². The van der Waals surface area contributed by atoms with Crippen molar-refractivity contribution in [2.75, 3.05) is 0 Å². The average Bonchev–Trinajstić information content (AvgIpc) is 2.79. The van der Waals surface area contributed by atoms with Gasteiger partial charge in [0, 0.05) is 21.9 Å². The molecule has 0 amide bonds. The van der Waals surface area contributed by atoms with Gasteiger partial charge in [0.25, 0.3) is 11.3 Å². The predicted octanol–water partition coefficient (Wildman–Crippen LogP) is 6.78. The molecule has 10 heteroatoms. The van der Waals surface area contributed by atoms with Crippen molar-refractivity contribution >= 4 is 34.4 Å². The molecule has 1 heterocycles. The molecule has 0 unspecified atom stereocenters. The number of thioether (sulfide) groups is 1. The highest BCUT2D eigenvalue weighted by Gasteiger charge is 2.31. The van der Waals surface area contributed by atoms with E-state index >= 15 is 0 Å². The summed E-state index contributed by atoms with van der Waals surface area (Å²) in [4.78, 5) is 17.7. The van der Waals surface area contributed by atoms with E-state index in [1.165, 1.54) is 42.6 Å². The Morgan fingerprint density at radius 3 is 2.26 bits per heavy atom. The van der Waals surface area contributed by atoms with Crippen LogP contribution in [0, 0.1) is 0 Å². The van der Waals surface area contributed by atoms with E-state index in [2.05, 4.69) is 4.99 Å². The maximum Gasteiger partial charge on any atom is 0.416 e. The molecule has 174 valence electrons. The van der Waals surface area contributed by atoms with Crippen LogP contribution in [0.5, 0.6) is 5.88 Å². The van der Waals surface area contributed by atoms with E-state index in [4.69, 9.17) is 0 Å². The number of pyridine rings is 1. The lowest BCUT2D eigenvalue weighted by Crippen LogP contribution is -2.20. The summed E-state index contributed by atoms with van der Waals surface area (Å²) in [7, 11) is 0. The van der Waals surface area contributed by atoms with Crippen molar-refractivity contribution in [2.24, 2.45) is 4.99 Å². The summed E-state index contributed by atoms with van der Waals surface area (Å²) in [6.07, 6.45) is -3.36. The van der Waals surface area contributed by atoms with Crippen LogP contribution in [0.4, 0.5) is 27.6 Å². The average molecular weight is 490 g/mol. The summed E-state index contributed by atoms with van der Waals surface area (Å²) in [5.41, 5.74) is -1.33. The van der Waals surface area contributed by atoms with E-state index in [-0.39, 0.29) is 16.6 Å². The van der Waals surface area contributed by atoms with Crippen LogP contribution in [-0.2, 0) is 6.18 Å². The van der Waals surface area contributed by atoms with Gasteiger partial charge in [0.05, 0.1) is 22.5 Å². The number of hydrogen-bond acceptors (Lipinski definition) is 4. The zero-order chi connectivity index (χ0) is 24.5. The van der Waals surface area contributed by atoms with Crippen LogP contribution < -0.4 is 5.56 Å². The van der Waals surface area contributed by atoms with Crippen LogP contribution in [0.15, 0.2) is 87.5 Å². The minimum Gasteiger partial charge on any atom is -0.494 e. The topological polar surface area (TPSA) is 54.6 Å². The third kappa shape index (κ3) is 4.81. The molecule has 0 aliphatic heterocycles. The third-order valence-electron chi connectivity index (χ3n) is 4.94. The van der Waals surface area contributed by atoms with Crippen molar-refractivity contribution in [3.63, 3.8) is 0 Å². The molecular weight excluding hydrogens is 475 g/mol. The monoisotopic (exact) mass is 490 g/mol. The highest BCUT2D eigenvalue weighted by atomic mass is 32.2. The van der Waals surface area contributed by atoms with Gasteiger partial charge in [-0.05, 0) is 48.5 Å². The molecule has 34 heavy (non-hydrogen) atoms. The standard InChI is InChI=1S/C24H15F5N2O2S/c25-23(26)34-17-10-8-15(9-11-17)30-13-20-18-6-1-2-7-19(18)21(32)31(22(20)33)16-5-3-4-14(12-16)24(27,28)29/h1-13,23,33H. The Kier molecular flexibility index (Phi) is 6.43. The van der Waals surface area contributed by atoms with Gasteiger partial charge < -0.3 is 5.11 Å². The van der Waals surface area contributed by atoms with Crippen molar-refractivity contribution in [1.29, 1.82) is 0 Å². The quantitative estimate of drug-likeness (QED) is 0.191. The summed E-state index contributed by atoms with van der Waals surface area (Å²) >= 11 is 0.387. The van der Waals surface area contributed by atoms with Gasteiger partial charge in [-0.3, -0.25) is 9.79 Å². The van der Waals surface area contributed by atoms with E-state index in [1.807, 2.05) is 0 Å². The predicted molar refractivity (Wildman–Crippen MR) is 122 cm³/mol. The molecule has 0 aliphatic rings. The van der Waals surface area contributed by atoms with Gasteiger partial charge in [-0.1, -0.05) is 36.0 Å². The number of alkyl halides is 5. The Hall–Kier alpha value is -3.66. The zero-order valence-corrected chi connectivity index (χ0v) is 17.9. The smallest absolute Gasteiger partial charge is 0.416 e. The maximum absolute atomic E-state index is 13.2. The lowest BCUT2D eigenvalue weighted by molar-refractivity contribution is -0.137. The highest BCUT2D eigenvalue weighted by Crippen LogP contribution is 2.32. The largest absolute Gasteiger partial charge is 0.494 e. The van der Waals surface area contributed by atoms with Crippen molar-refractivity contribution < 1.29 is 27.1 Å². The molecule has 0 saturated carbocycles. The van der Waals surface area contributed by atoms with Crippen LogP contribution in [0.25, 0.3) is 16.5 Å². The minimum absolute atomic E-state index is 0.110. The van der Waals surface area contributed by atoms with Gasteiger partial charge in [0.1, 0.15) is 0 Å². The van der Waals surface area contributed by atoms with Crippen LogP contribution in [0.1, 0.15) is 11.1 Å². The lowest BCUT2D eigenvalue weighted by Gasteiger charge is -2.15. The molecule has 0 saturated heterocycles. The van der Waals surface area contributed by atoms with E-state index in [0.29, 0.717) is 27.7 Å². The van der Waals surface area contributed by atoms with Gasteiger partial charge in [0.15, 0.2) is 0 Å². The highest BCUT2D eigenvalue weighted by molar-refractivity contribution is 7.99. The molecule has 0 radical (unpaired) electrons. The Labute approximate surface area is 194 Å². The number of aliphatic imine (C=N–C) groups is 1. The van der Waals surface area contributed by atoms with Crippen molar-refractivity contribution in [1.82, 2.24) is 4.57 Å². The Morgan fingerprint density at radius 2 is 1.62 bits per heavy atom. The van der Waals surface area contributed by atoms with Crippen LogP contribution in [-0.4, -0.2) is 21.6 Å². The Bertz CT molecular complexity index is 1430. The molecule has 4 rings (SSSR count). The molecule has 0 bridgehead atoms. The SMILES string of the molecule is O=c1c2ccccc2c(C=Nc2ccc(SC(F)F)cc2)c(O)n1-c1cccc(C(F)(F)F)c1. The van der Waals surface area contributed by atoms with E-state index < -0.39 is 28.9 Å². The van der Waals surface area contributed by atoms with E-state index in [1.54, 1.807) is 18.2 Å². The van der Waals surface area contributed by atoms with Gasteiger partial charge in [-0.2, -0.15) is 22.0 Å². The summed E-state index contributed by atoms with van der Waals surface area (Å²) in [5, 5.41) is 11.5. The first-order valence-corrected chi connectivity index (χ1v) is 10.7. The number of aromatic nitrogens is 1. The summed E-state index contributed by atoms with van der Waals surface area (Å²) < 4.78 is 65.4. The molecule has 0 fully saturated rings. The third-order valence-corrected chi connectivity index (χ3v) is 5.66. The first-order valence-electron chi connectivity index (χ1n) is 9.78. The summed E-state index contributed by atoms with van der Waals surface area (Å²) in [6.45, 7) is 0. The molecule has 4 nitrogen and oxygen atoms in total. The number of hydrogen-bond donors (Lipinski definition) is 1. The minimum atomic E-state index is -4.63. The van der Waals surface area contributed by atoms with Crippen molar-refractivity contribution in [3.05, 3.63) is 94.3 Å². The van der Waals surface area contributed by atoms with E-state index in [9.17, 15) is 31.9 Å².